The first kappa shape index (κ1) is 21.3. The molecule has 4 nitrogen and oxygen atoms in total. The van der Waals surface area contributed by atoms with Crippen LogP contribution in [-0.4, -0.2) is 33.2 Å². The molecule has 0 aliphatic carbocycles. The van der Waals surface area contributed by atoms with Crippen molar-refractivity contribution in [1.29, 1.82) is 0 Å². The van der Waals surface area contributed by atoms with Gasteiger partial charge in [-0.05, 0) is 44.5 Å². The standard InChI is InChI=1S/C20H26O4S2/c1-17-4-8-19(9-5-17)25-23-13-3-12-21-16-22-14-15-24-26-20-10-6-18(2)7-11-20/h4-11H,3,12-16H2,1-2H3. The van der Waals surface area contributed by atoms with E-state index in [9.17, 15) is 0 Å². The van der Waals surface area contributed by atoms with Crippen molar-refractivity contribution in [3.8, 4) is 0 Å². The van der Waals surface area contributed by atoms with E-state index in [2.05, 4.69) is 50.2 Å². The molecule has 0 N–H and O–H groups in total. The number of benzene rings is 2. The van der Waals surface area contributed by atoms with Crippen molar-refractivity contribution in [2.24, 2.45) is 0 Å². The van der Waals surface area contributed by atoms with E-state index < -0.39 is 0 Å². The zero-order chi connectivity index (χ0) is 18.5. The molecule has 0 fully saturated rings. The summed E-state index contributed by atoms with van der Waals surface area (Å²) in [5, 5.41) is 0. The average Bonchev–Trinajstić information content (AvgIpc) is 2.65. The molecule has 0 spiro atoms. The predicted molar refractivity (Wildman–Crippen MR) is 107 cm³/mol. The van der Waals surface area contributed by atoms with Gasteiger partial charge in [0, 0.05) is 33.9 Å². The van der Waals surface area contributed by atoms with E-state index in [4.69, 9.17) is 17.8 Å². The van der Waals surface area contributed by atoms with Crippen LogP contribution in [0.3, 0.4) is 0 Å². The van der Waals surface area contributed by atoms with Gasteiger partial charge in [-0.3, -0.25) is 0 Å². The molecule has 0 saturated carbocycles. The highest BCUT2D eigenvalue weighted by atomic mass is 32.2. The Kier molecular flexibility index (Phi) is 10.8. The summed E-state index contributed by atoms with van der Waals surface area (Å²) in [5.74, 6) is 0. The highest BCUT2D eigenvalue weighted by Gasteiger charge is 1.97. The Balaban J connectivity index is 1.35. The van der Waals surface area contributed by atoms with Crippen LogP contribution in [-0.2, 0) is 17.8 Å². The summed E-state index contributed by atoms with van der Waals surface area (Å²) >= 11 is 2.77. The topological polar surface area (TPSA) is 36.9 Å². The van der Waals surface area contributed by atoms with Crippen LogP contribution in [0.15, 0.2) is 58.3 Å². The molecule has 0 heterocycles. The summed E-state index contributed by atoms with van der Waals surface area (Å²) in [4.78, 5) is 2.21. The average molecular weight is 395 g/mol. The van der Waals surface area contributed by atoms with E-state index in [1.165, 1.54) is 35.2 Å². The summed E-state index contributed by atoms with van der Waals surface area (Å²) in [6.45, 7) is 6.73. The smallest absolute Gasteiger partial charge is 0.146 e. The highest BCUT2D eigenvalue weighted by molar-refractivity contribution is 7.94. The molecule has 26 heavy (non-hydrogen) atoms. The van der Waals surface area contributed by atoms with Crippen LogP contribution in [0.1, 0.15) is 17.5 Å². The summed E-state index contributed by atoms with van der Waals surface area (Å²) in [7, 11) is 0. The van der Waals surface area contributed by atoms with Crippen LogP contribution < -0.4 is 0 Å². The quantitative estimate of drug-likeness (QED) is 0.256. The maximum absolute atomic E-state index is 5.54. The molecule has 2 aromatic rings. The van der Waals surface area contributed by atoms with Crippen molar-refractivity contribution in [2.75, 3.05) is 33.2 Å². The van der Waals surface area contributed by atoms with Crippen LogP contribution in [0.4, 0.5) is 0 Å². The predicted octanol–water partition coefficient (Wildman–Crippen LogP) is 5.43. The highest BCUT2D eigenvalue weighted by Crippen LogP contribution is 2.20. The first-order valence-electron chi connectivity index (χ1n) is 8.62. The molecule has 0 amide bonds. The van der Waals surface area contributed by atoms with Crippen LogP contribution in [0.25, 0.3) is 0 Å². The van der Waals surface area contributed by atoms with Crippen LogP contribution >= 0.6 is 24.1 Å². The lowest BCUT2D eigenvalue weighted by Gasteiger charge is -2.07. The third-order valence-corrected chi connectivity index (χ3v) is 4.84. The van der Waals surface area contributed by atoms with Gasteiger partial charge >= 0.3 is 0 Å². The minimum absolute atomic E-state index is 0.281. The lowest BCUT2D eigenvalue weighted by Crippen LogP contribution is -2.07. The largest absolute Gasteiger partial charge is 0.355 e. The Bertz CT molecular complexity index is 547. The van der Waals surface area contributed by atoms with Gasteiger partial charge in [0.25, 0.3) is 0 Å². The van der Waals surface area contributed by atoms with Crippen molar-refractivity contribution in [1.82, 2.24) is 0 Å². The molecule has 2 aromatic carbocycles. The molecule has 6 heteroatoms. The molecule has 0 aliphatic rings. The van der Waals surface area contributed by atoms with Gasteiger partial charge in [0.2, 0.25) is 0 Å². The van der Waals surface area contributed by atoms with Gasteiger partial charge in [-0.1, -0.05) is 35.4 Å². The maximum Gasteiger partial charge on any atom is 0.146 e. The zero-order valence-electron chi connectivity index (χ0n) is 15.3. The first-order valence-corrected chi connectivity index (χ1v) is 10.1. The van der Waals surface area contributed by atoms with Gasteiger partial charge < -0.3 is 17.8 Å². The lowest BCUT2D eigenvalue weighted by atomic mass is 10.2. The second kappa shape index (κ2) is 13.2. The number of hydrogen-bond donors (Lipinski definition) is 0. The van der Waals surface area contributed by atoms with Gasteiger partial charge in [-0.2, -0.15) is 0 Å². The third-order valence-electron chi connectivity index (χ3n) is 3.35. The van der Waals surface area contributed by atoms with Gasteiger partial charge in [-0.25, -0.2) is 0 Å². The fraction of sp³-hybridized carbons (Fsp3) is 0.400. The van der Waals surface area contributed by atoms with E-state index in [1.807, 2.05) is 12.1 Å². The zero-order valence-corrected chi connectivity index (χ0v) is 16.9. The molecule has 142 valence electrons. The van der Waals surface area contributed by atoms with Gasteiger partial charge in [-0.15, -0.1) is 0 Å². The van der Waals surface area contributed by atoms with Gasteiger partial charge in [0.1, 0.15) is 6.79 Å². The molecule has 0 atom stereocenters. The summed E-state index contributed by atoms with van der Waals surface area (Å²) in [6.07, 6.45) is 0.835. The fourth-order valence-corrected chi connectivity index (χ4v) is 3.02. The molecule has 0 bridgehead atoms. The van der Waals surface area contributed by atoms with Crippen molar-refractivity contribution < 1.29 is 17.8 Å². The number of ether oxygens (including phenoxy) is 2. The van der Waals surface area contributed by atoms with Crippen molar-refractivity contribution in [3.05, 3.63) is 59.7 Å². The Morgan fingerprint density at radius 1 is 0.615 bits per heavy atom. The van der Waals surface area contributed by atoms with E-state index in [1.54, 1.807) is 0 Å². The number of rotatable bonds is 13. The summed E-state index contributed by atoms with van der Waals surface area (Å²) in [6, 6.07) is 16.5. The van der Waals surface area contributed by atoms with Crippen molar-refractivity contribution in [2.45, 2.75) is 30.1 Å². The SMILES string of the molecule is Cc1ccc(SOCCCOCOCCOSc2ccc(C)cc2)cc1. The Labute approximate surface area is 165 Å². The fourth-order valence-electron chi connectivity index (χ4n) is 1.90. The second-order valence-electron chi connectivity index (χ2n) is 5.72. The molecule has 0 aliphatic heterocycles. The normalized spacial score (nSPS) is 11.0. The van der Waals surface area contributed by atoms with Crippen LogP contribution in [0.5, 0.6) is 0 Å². The van der Waals surface area contributed by atoms with E-state index in [0.29, 0.717) is 26.4 Å². The molecule has 0 unspecified atom stereocenters. The van der Waals surface area contributed by atoms with Gasteiger partial charge in [0.15, 0.2) is 0 Å². The number of aryl methyl sites for hydroxylation is 2. The number of hydrogen-bond acceptors (Lipinski definition) is 6. The lowest BCUT2D eigenvalue weighted by molar-refractivity contribution is -0.0610. The Morgan fingerprint density at radius 3 is 1.69 bits per heavy atom. The second-order valence-corrected chi connectivity index (χ2v) is 7.47. The first-order chi connectivity index (χ1) is 12.7. The summed E-state index contributed by atoms with van der Waals surface area (Å²) < 4.78 is 21.8. The Morgan fingerprint density at radius 2 is 1.12 bits per heavy atom. The molecule has 0 aromatic heterocycles. The molecular weight excluding hydrogens is 368 g/mol. The van der Waals surface area contributed by atoms with Gasteiger partial charge in [0.05, 0.1) is 26.4 Å². The van der Waals surface area contributed by atoms with Crippen LogP contribution in [0, 0.1) is 13.8 Å². The summed E-state index contributed by atoms with van der Waals surface area (Å²) in [5.41, 5.74) is 2.50. The van der Waals surface area contributed by atoms with Crippen molar-refractivity contribution in [3.63, 3.8) is 0 Å². The Hall–Kier alpha value is -1.02. The van der Waals surface area contributed by atoms with Crippen LogP contribution in [0.2, 0.25) is 0 Å². The molecular formula is C20H26O4S2. The van der Waals surface area contributed by atoms with E-state index in [-0.39, 0.29) is 6.79 Å². The monoisotopic (exact) mass is 394 g/mol. The molecule has 0 radical (unpaired) electrons. The molecule has 2 rings (SSSR count). The minimum atomic E-state index is 0.281. The molecule has 0 saturated heterocycles. The van der Waals surface area contributed by atoms with Crippen molar-refractivity contribution >= 4 is 24.1 Å². The maximum atomic E-state index is 5.54. The van der Waals surface area contributed by atoms with E-state index >= 15 is 0 Å². The third kappa shape index (κ3) is 9.62. The minimum Gasteiger partial charge on any atom is -0.355 e. The van der Waals surface area contributed by atoms with E-state index in [0.717, 1.165) is 16.2 Å².